The van der Waals surface area contributed by atoms with E-state index in [1.165, 1.54) is 11.6 Å². The molecule has 0 atom stereocenters. The molecule has 3 aromatic carbocycles. The van der Waals surface area contributed by atoms with Crippen molar-refractivity contribution < 1.29 is 17.9 Å². The molecule has 1 amide bonds. The number of hydrogen-bond donors (Lipinski definition) is 2. The molecule has 0 saturated heterocycles. The van der Waals surface area contributed by atoms with E-state index in [4.69, 9.17) is 4.74 Å². The van der Waals surface area contributed by atoms with Crippen molar-refractivity contribution in [1.82, 2.24) is 5.32 Å². The number of aryl methyl sites for hydroxylation is 3. The molecule has 3 rings (SSSR count). The molecule has 0 radical (unpaired) electrons. The third-order valence-corrected chi connectivity index (χ3v) is 6.76. The maximum absolute atomic E-state index is 13.0. The van der Waals surface area contributed by atoms with E-state index in [1.54, 1.807) is 31.2 Å². The van der Waals surface area contributed by atoms with Gasteiger partial charge < -0.3 is 10.1 Å². The van der Waals surface area contributed by atoms with Gasteiger partial charge in [-0.25, -0.2) is 8.42 Å². The molecule has 174 valence electrons. The molecule has 0 fully saturated rings. The van der Waals surface area contributed by atoms with Crippen LogP contribution in [-0.4, -0.2) is 27.5 Å². The van der Waals surface area contributed by atoms with E-state index < -0.39 is 10.0 Å². The Hall–Kier alpha value is -3.32. The van der Waals surface area contributed by atoms with Crippen LogP contribution in [0.2, 0.25) is 0 Å². The zero-order valence-electron chi connectivity index (χ0n) is 19.2. The Morgan fingerprint density at radius 2 is 1.67 bits per heavy atom. The number of ether oxygens (including phenoxy) is 1. The Bertz CT molecular complexity index is 1210. The zero-order valence-corrected chi connectivity index (χ0v) is 20.0. The van der Waals surface area contributed by atoms with Gasteiger partial charge in [-0.3, -0.25) is 9.52 Å². The van der Waals surface area contributed by atoms with Crippen LogP contribution >= 0.6 is 0 Å². The van der Waals surface area contributed by atoms with Crippen LogP contribution in [0.25, 0.3) is 0 Å². The van der Waals surface area contributed by atoms with Gasteiger partial charge in [0.15, 0.2) is 0 Å². The number of hydrogen-bond acceptors (Lipinski definition) is 4. The number of sulfonamides is 1. The van der Waals surface area contributed by atoms with Crippen molar-refractivity contribution in [2.24, 2.45) is 0 Å². The lowest BCUT2D eigenvalue weighted by Gasteiger charge is -2.14. The zero-order chi connectivity index (χ0) is 23.8. The summed E-state index contributed by atoms with van der Waals surface area (Å²) in [5, 5.41) is 2.78. The monoisotopic (exact) mass is 466 g/mol. The van der Waals surface area contributed by atoms with Gasteiger partial charge in [0.2, 0.25) is 0 Å². The highest BCUT2D eigenvalue weighted by molar-refractivity contribution is 7.92. The molecule has 3 aromatic rings. The maximum Gasteiger partial charge on any atom is 0.262 e. The Labute approximate surface area is 196 Å². The van der Waals surface area contributed by atoms with Gasteiger partial charge >= 0.3 is 0 Å². The molecular formula is C26H30N2O4S. The second-order valence-electron chi connectivity index (χ2n) is 7.90. The number of carbonyl (C=O) groups is 1. The van der Waals surface area contributed by atoms with Crippen LogP contribution in [0.4, 0.5) is 5.69 Å². The van der Waals surface area contributed by atoms with Crippen molar-refractivity contribution in [2.75, 3.05) is 17.9 Å². The average molecular weight is 467 g/mol. The third-order valence-electron chi connectivity index (χ3n) is 5.25. The van der Waals surface area contributed by atoms with Gasteiger partial charge in [0.05, 0.1) is 17.1 Å². The molecule has 0 aliphatic heterocycles. The van der Waals surface area contributed by atoms with Gasteiger partial charge in [-0.05, 0) is 67.3 Å². The molecule has 0 aliphatic rings. The minimum atomic E-state index is -3.85. The van der Waals surface area contributed by atoms with Crippen molar-refractivity contribution in [3.63, 3.8) is 0 Å². The summed E-state index contributed by atoms with van der Waals surface area (Å²) in [5.74, 6) is 0.388. The van der Waals surface area contributed by atoms with Gasteiger partial charge in [0.1, 0.15) is 12.4 Å². The molecular weight excluding hydrogens is 436 g/mol. The molecule has 2 N–H and O–H groups in total. The number of nitrogens with one attached hydrogen (secondary N) is 2. The van der Waals surface area contributed by atoms with Crippen molar-refractivity contribution in [3.05, 3.63) is 89.0 Å². The summed E-state index contributed by atoms with van der Waals surface area (Å²) in [6, 6.07) is 19.7. The number of benzene rings is 3. The molecule has 0 heterocycles. The summed E-state index contributed by atoms with van der Waals surface area (Å²) in [6.07, 6.45) is 2.13. The highest BCUT2D eigenvalue weighted by Gasteiger charge is 2.20. The third kappa shape index (κ3) is 6.58. The highest BCUT2D eigenvalue weighted by Crippen LogP contribution is 2.23. The number of rotatable bonds is 10. The quantitative estimate of drug-likeness (QED) is 0.418. The lowest BCUT2D eigenvalue weighted by Crippen LogP contribution is -2.28. The van der Waals surface area contributed by atoms with Crippen LogP contribution < -0.4 is 14.8 Å². The van der Waals surface area contributed by atoms with E-state index in [0.29, 0.717) is 24.4 Å². The molecule has 0 aliphatic carbocycles. The Kier molecular flexibility index (Phi) is 8.11. The molecule has 0 saturated carbocycles. The largest absolute Gasteiger partial charge is 0.492 e. The van der Waals surface area contributed by atoms with E-state index in [-0.39, 0.29) is 16.4 Å². The summed E-state index contributed by atoms with van der Waals surface area (Å²) >= 11 is 0. The predicted molar refractivity (Wildman–Crippen MR) is 131 cm³/mol. The van der Waals surface area contributed by atoms with Crippen LogP contribution in [0.5, 0.6) is 5.75 Å². The van der Waals surface area contributed by atoms with E-state index in [9.17, 15) is 13.2 Å². The van der Waals surface area contributed by atoms with E-state index in [1.807, 2.05) is 43.3 Å². The molecule has 0 spiro atoms. The summed E-state index contributed by atoms with van der Waals surface area (Å²) in [4.78, 5) is 12.7. The predicted octanol–water partition coefficient (Wildman–Crippen LogP) is 4.87. The van der Waals surface area contributed by atoms with Crippen molar-refractivity contribution >= 4 is 21.6 Å². The fraction of sp³-hybridized carbons (Fsp3) is 0.269. The summed E-state index contributed by atoms with van der Waals surface area (Å²) in [5.41, 5.74) is 3.41. The minimum Gasteiger partial charge on any atom is -0.492 e. The van der Waals surface area contributed by atoms with E-state index >= 15 is 0 Å². The summed E-state index contributed by atoms with van der Waals surface area (Å²) in [7, 11) is -3.85. The Morgan fingerprint density at radius 3 is 2.36 bits per heavy atom. The first-order valence-electron chi connectivity index (χ1n) is 11.0. The SMILES string of the molecule is CCCc1ccc(OCCNC(=O)c2ccc(C)c(S(=O)(=O)Nc3ccccc3C)c2)cc1. The van der Waals surface area contributed by atoms with E-state index in [2.05, 4.69) is 17.0 Å². The van der Waals surface area contributed by atoms with Crippen molar-refractivity contribution in [2.45, 2.75) is 38.5 Å². The minimum absolute atomic E-state index is 0.0711. The van der Waals surface area contributed by atoms with Crippen LogP contribution in [0.1, 0.15) is 40.4 Å². The normalized spacial score (nSPS) is 11.1. The highest BCUT2D eigenvalue weighted by atomic mass is 32.2. The first-order chi connectivity index (χ1) is 15.8. The van der Waals surface area contributed by atoms with Gasteiger partial charge in [-0.1, -0.05) is 49.7 Å². The lowest BCUT2D eigenvalue weighted by molar-refractivity contribution is 0.0946. The lowest BCUT2D eigenvalue weighted by atomic mass is 10.1. The summed E-state index contributed by atoms with van der Waals surface area (Å²) < 4.78 is 34.2. The topological polar surface area (TPSA) is 84.5 Å². The number of amides is 1. The van der Waals surface area contributed by atoms with Gasteiger partial charge in [-0.2, -0.15) is 0 Å². The standard InChI is InChI=1S/C26H30N2O4S/c1-4-7-21-11-14-23(15-12-21)32-17-16-27-26(29)22-13-10-20(3)25(18-22)33(30,31)28-24-9-6-5-8-19(24)2/h5-6,8-15,18,28H,4,7,16-17H2,1-3H3,(H,27,29). The summed E-state index contributed by atoms with van der Waals surface area (Å²) in [6.45, 7) is 6.28. The molecule has 7 heteroatoms. The first kappa shape index (κ1) is 24.3. The molecule has 33 heavy (non-hydrogen) atoms. The van der Waals surface area contributed by atoms with Crippen molar-refractivity contribution in [1.29, 1.82) is 0 Å². The van der Waals surface area contributed by atoms with E-state index in [0.717, 1.165) is 24.2 Å². The second-order valence-corrected chi connectivity index (χ2v) is 9.55. The Morgan fingerprint density at radius 1 is 0.939 bits per heavy atom. The number of para-hydroxylation sites is 1. The first-order valence-corrected chi connectivity index (χ1v) is 12.5. The smallest absolute Gasteiger partial charge is 0.262 e. The second kappa shape index (κ2) is 11.0. The number of anilines is 1. The fourth-order valence-electron chi connectivity index (χ4n) is 3.39. The van der Waals surface area contributed by atoms with Gasteiger partial charge in [0, 0.05) is 5.56 Å². The van der Waals surface area contributed by atoms with Crippen LogP contribution in [0.3, 0.4) is 0 Å². The molecule has 6 nitrogen and oxygen atoms in total. The van der Waals surface area contributed by atoms with Gasteiger partial charge in [-0.15, -0.1) is 0 Å². The van der Waals surface area contributed by atoms with Crippen LogP contribution in [-0.2, 0) is 16.4 Å². The molecule has 0 bridgehead atoms. The van der Waals surface area contributed by atoms with Crippen LogP contribution in [0, 0.1) is 13.8 Å². The fourth-order valence-corrected chi connectivity index (χ4v) is 4.80. The number of carbonyl (C=O) groups excluding carboxylic acids is 1. The van der Waals surface area contributed by atoms with Gasteiger partial charge in [0.25, 0.3) is 15.9 Å². The molecule has 0 unspecified atom stereocenters. The Balaban J connectivity index is 1.61. The molecule has 0 aromatic heterocycles. The maximum atomic E-state index is 13.0. The van der Waals surface area contributed by atoms with Crippen LogP contribution in [0.15, 0.2) is 71.6 Å². The van der Waals surface area contributed by atoms with Crippen molar-refractivity contribution in [3.8, 4) is 5.75 Å². The average Bonchev–Trinajstić information content (AvgIpc) is 2.79.